The summed E-state index contributed by atoms with van der Waals surface area (Å²) in [5.41, 5.74) is 0. The molecule has 0 rings (SSSR count). The van der Waals surface area contributed by atoms with Crippen LogP contribution in [0.15, 0.2) is 0 Å². The number of hydrogen-bond acceptors (Lipinski definition) is 2. The van der Waals surface area contributed by atoms with Crippen molar-refractivity contribution < 1.29 is 50.8 Å². The monoisotopic (exact) mass is 172 g/mol. The van der Waals surface area contributed by atoms with Crippen LogP contribution in [-0.4, -0.2) is 22.7 Å². The van der Waals surface area contributed by atoms with Gasteiger partial charge in [-0.2, -0.15) is 0 Å². The van der Waals surface area contributed by atoms with Crippen LogP contribution in [0.2, 0.25) is 0 Å². The first-order chi connectivity index (χ1) is 4.68. The smallest absolute Gasteiger partial charge is 1.00 e. The van der Waals surface area contributed by atoms with Gasteiger partial charge in [-0.15, -0.1) is 0 Å². The summed E-state index contributed by atoms with van der Waals surface area (Å²) in [6.07, 6.45) is 2.08. The van der Waals surface area contributed by atoms with E-state index in [1.807, 2.05) is 6.92 Å². The summed E-state index contributed by atoms with van der Waals surface area (Å²) in [6, 6.07) is 0. The number of rotatable bonds is 3. The molecule has 0 aromatic carbocycles. The predicted molar refractivity (Wildman–Crippen MR) is 37.0 cm³/mol. The Balaban J connectivity index is -0.0000000569. The summed E-state index contributed by atoms with van der Waals surface area (Å²) >= 11 is 0. The van der Waals surface area contributed by atoms with E-state index < -0.39 is 5.97 Å². The molecule has 0 atom stereocenters. The molecule has 11 heavy (non-hydrogen) atoms. The van der Waals surface area contributed by atoms with Crippen molar-refractivity contribution in [2.75, 3.05) is 0 Å². The van der Waals surface area contributed by atoms with Crippen LogP contribution in [0.4, 0.5) is 0 Å². The Morgan fingerprint density at radius 1 is 1.64 bits per heavy atom. The molecule has 0 radical (unpaired) electrons. The normalized spacial score (nSPS) is 6.64. The number of unbranched alkanes of at least 4 members (excludes halogenated alkanes) is 1. The third-order valence-electron chi connectivity index (χ3n) is 0.744. The minimum absolute atomic E-state index is 0. The Hall–Kier alpha value is -0.0600. The van der Waals surface area contributed by atoms with E-state index in [0.29, 0.717) is 6.42 Å². The number of carboxylic acids is 1. The van der Waals surface area contributed by atoms with Crippen LogP contribution in [0, 0.1) is 0 Å². The first-order valence-electron chi connectivity index (χ1n) is 2.98. The van der Waals surface area contributed by atoms with E-state index in [-0.39, 0.29) is 37.5 Å². The zero-order valence-corrected chi connectivity index (χ0v) is 8.91. The van der Waals surface area contributed by atoms with Crippen molar-refractivity contribution in [3.8, 4) is 0 Å². The van der Waals surface area contributed by atoms with Gasteiger partial charge in [-0.05, 0) is 6.42 Å². The quantitative estimate of drug-likeness (QED) is 0.384. The maximum absolute atomic E-state index is 9.76. The molecule has 0 unspecified atom stereocenters. The van der Waals surface area contributed by atoms with Gasteiger partial charge in [0.25, 0.3) is 6.47 Å². The molecule has 0 aromatic rings. The molecule has 0 bridgehead atoms. The summed E-state index contributed by atoms with van der Waals surface area (Å²) in [5, 5.41) is 14.9. The van der Waals surface area contributed by atoms with Crippen LogP contribution in [0.3, 0.4) is 0 Å². The van der Waals surface area contributed by atoms with Gasteiger partial charge in [0, 0.05) is 6.42 Å². The van der Waals surface area contributed by atoms with Crippen LogP contribution >= 0.6 is 0 Å². The second kappa shape index (κ2) is 16.5. The maximum Gasteiger partial charge on any atom is 1.00 e. The van der Waals surface area contributed by atoms with Gasteiger partial charge in [-0.3, -0.25) is 9.59 Å². The molecule has 0 saturated heterocycles. The molecule has 2 N–H and O–H groups in total. The fourth-order valence-electron chi connectivity index (χ4n) is 0.328. The summed E-state index contributed by atoms with van der Waals surface area (Å²) < 4.78 is 0. The number of aliphatic carboxylic acids is 1. The van der Waals surface area contributed by atoms with Crippen LogP contribution in [0.1, 0.15) is 27.6 Å². The molecule has 0 spiro atoms. The SMILES string of the molecule is CCCCC(=O)O.O=CO.[H-].[Na+]. The van der Waals surface area contributed by atoms with Gasteiger partial charge < -0.3 is 11.6 Å². The van der Waals surface area contributed by atoms with Crippen molar-refractivity contribution in [3.63, 3.8) is 0 Å². The van der Waals surface area contributed by atoms with Crippen LogP contribution in [-0.2, 0) is 9.59 Å². The molecule has 0 amide bonds. The standard InChI is InChI=1S/C5H10O2.CH2O2.Na.H/c1-2-3-4-5(6)7;2-1-3;;/h2-4H2,1H3,(H,6,7);1H,(H,2,3);;/q;;+1;-1. The summed E-state index contributed by atoms with van der Waals surface area (Å²) in [5.74, 6) is -0.693. The number of carboxylic acid groups (broad SMARTS) is 2. The van der Waals surface area contributed by atoms with E-state index in [4.69, 9.17) is 15.0 Å². The van der Waals surface area contributed by atoms with E-state index >= 15 is 0 Å². The van der Waals surface area contributed by atoms with Crippen molar-refractivity contribution in [1.82, 2.24) is 0 Å². The average molecular weight is 172 g/mol. The molecule has 4 nitrogen and oxygen atoms in total. The number of hydrogen-bond donors (Lipinski definition) is 2. The summed E-state index contributed by atoms with van der Waals surface area (Å²) in [6.45, 7) is 1.73. The zero-order chi connectivity index (χ0) is 8.41. The van der Waals surface area contributed by atoms with E-state index in [1.165, 1.54) is 0 Å². The average Bonchev–Trinajstić information content (AvgIpc) is 1.85. The summed E-state index contributed by atoms with van der Waals surface area (Å²) in [4.78, 5) is 18.1. The predicted octanol–water partition coefficient (Wildman–Crippen LogP) is -1.92. The Bertz CT molecular complexity index is 99.5. The molecule has 0 saturated carbocycles. The Kier molecular flexibility index (Phi) is 25.7. The van der Waals surface area contributed by atoms with E-state index in [1.54, 1.807) is 0 Å². The zero-order valence-electron chi connectivity index (χ0n) is 7.91. The number of carbonyl (C=O) groups is 2. The van der Waals surface area contributed by atoms with Gasteiger partial charge in [0.2, 0.25) is 0 Å². The fourth-order valence-corrected chi connectivity index (χ4v) is 0.328. The third kappa shape index (κ3) is 40.4. The molecule has 0 aliphatic heterocycles. The maximum atomic E-state index is 9.76. The minimum atomic E-state index is -0.693. The van der Waals surface area contributed by atoms with Crippen LogP contribution in [0.5, 0.6) is 0 Å². The Morgan fingerprint density at radius 3 is 2.09 bits per heavy atom. The van der Waals surface area contributed by atoms with Crippen LogP contribution < -0.4 is 29.6 Å². The fraction of sp³-hybridized carbons (Fsp3) is 0.667. The van der Waals surface area contributed by atoms with Gasteiger partial charge in [-0.25, -0.2) is 0 Å². The third-order valence-corrected chi connectivity index (χ3v) is 0.744. The second-order valence-electron chi connectivity index (χ2n) is 1.60. The minimum Gasteiger partial charge on any atom is -1.00 e. The summed E-state index contributed by atoms with van der Waals surface area (Å²) in [7, 11) is 0. The van der Waals surface area contributed by atoms with E-state index in [0.717, 1.165) is 12.8 Å². The Labute approximate surface area is 89.4 Å². The molecule has 0 aliphatic carbocycles. The van der Waals surface area contributed by atoms with Crippen molar-refractivity contribution in [2.24, 2.45) is 0 Å². The molecule has 62 valence electrons. The largest absolute Gasteiger partial charge is 1.00 e. The van der Waals surface area contributed by atoms with E-state index in [9.17, 15) is 4.79 Å². The second-order valence-corrected chi connectivity index (χ2v) is 1.60. The van der Waals surface area contributed by atoms with Crippen molar-refractivity contribution in [2.45, 2.75) is 26.2 Å². The molecule has 0 heterocycles. The van der Waals surface area contributed by atoms with Crippen molar-refractivity contribution in [3.05, 3.63) is 0 Å². The molecule has 0 aromatic heterocycles. The van der Waals surface area contributed by atoms with Gasteiger partial charge in [0.15, 0.2) is 0 Å². The van der Waals surface area contributed by atoms with Crippen LogP contribution in [0.25, 0.3) is 0 Å². The van der Waals surface area contributed by atoms with Gasteiger partial charge in [0.05, 0.1) is 0 Å². The van der Waals surface area contributed by atoms with Gasteiger partial charge in [0.1, 0.15) is 0 Å². The molecule has 0 fully saturated rings. The van der Waals surface area contributed by atoms with E-state index in [2.05, 4.69) is 0 Å². The molecular formula is C6H13NaO4. The first kappa shape index (κ1) is 17.1. The molecule has 5 heteroatoms. The molecule has 0 aliphatic rings. The Morgan fingerprint density at radius 2 is 2.00 bits per heavy atom. The van der Waals surface area contributed by atoms with Crippen molar-refractivity contribution in [1.29, 1.82) is 0 Å². The topological polar surface area (TPSA) is 74.6 Å². The molecular weight excluding hydrogens is 159 g/mol. The van der Waals surface area contributed by atoms with Gasteiger partial charge in [-0.1, -0.05) is 13.3 Å². The van der Waals surface area contributed by atoms with Crippen molar-refractivity contribution >= 4 is 12.4 Å². The van der Waals surface area contributed by atoms with Gasteiger partial charge >= 0.3 is 35.5 Å². The first-order valence-corrected chi connectivity index (χ1v) is 2.98.